The molecule has 1 aromatic heterocycles. The number of benzene rings is 3. The third kappa shape index (κ3) is 6.42. The van der Waals surface area contributed by atoms with Crippen LogP contribution in [0.5, 0.6) is 0 Å². The first-order chi connectivity index (χ1) is 18.2. The van der Waals surface area contributed by atoms with Crippen LogP contribution in [0.25, 0.3) is 21.7 Å². The first-order valence-electron chi connectivity index (χ1n) is 13.4. The Kier molecular flexibility index (Phi) is 7.54. The van der Waals surface area contributed by atoms with Crippen LogP contribution in [0, 0.1) is 11.8 Å². The van der Waals surface area contributed by atoms with Crippen molar-refractivity contribution >= 4 is 43.5 Å². The van der Waals surface area contributed by atoms with Gasteiger partial charge in [0.2, 0.25) is 16.0 Å². The minimum absolute atomic E-state index is 0.109. The lowest BCUT2D eigenvalue weighted by molar-refractivity contribution is 0.284. The average molecular weight is 532 g/mol. The summed E-state index contributed by atoms with van der Waals surface area (Å²) in [5, 5.41) is 9.95. The van der Waals surface area contributed by atoms with Gasteiger partial charge in [0.15, 0.2) is 0 Å². The number of fused-ring (bicyclic) bond motifs is 2. The van der Waals surface area contributed by atoms with Crippen molar-refractivity contribution in [1.82, 2.24) is 14.7 Å². The van der Waals surface area contributed by atoms with Crippen LogP contribution in [0.4, 0.5) is 11.8 Å². The van der Waals surface area contributed by atoms with Crippen LogP contribution in [0.3, 0.4) is 0 Å². The molecular formula is C30H37N5O2S. The van der Waals surface area contributed by atoms with Gasteiger partial charge in [-0.25, -0.2) is 18.1 Å². The molecule has 200 valence electrons. The van der Waals surface area contributed by atoms with Crippen molar-refractivity contribution < 1.29 is 8.42 Å². The van der Waals surface area contributed by atoms with Crippen molar-refractivity contribution in [2.75, 3.05) is 23.7 Å². The largest absolute Gasteiger partial charge is 0.365 e. The first-order valence-corrected chi connectivity index (χ1v) is 14.9. The van der Waals surface area contributed by atoms with Crippen LogP contribution >= 0.6 is 0 Å². The van der Waals surface area contributed by atoms with Crippen molar-refractivity contribution in [2.45, 2.75) is 56.9 Å². The Balaban J connectivity index is 1.14. The minimum Gasteiger partial charge on any atom is -0.365 e. The fraction of sp³-hybridized carbons (Fsp3) is 0.400. The molecule has 0 radical (unpaired) electrons. The van der Waals surface area contributed by atoms with Gasteiger partial charge in [0, 0.05) is 24.0 Å². The lowest BCUT2D eigenvalue weighted by Gasteiger charge is -2.29. The molecule has 3 aromatic carbocycles. The van der Waals surface area contributed by atoms with Crippen molar-refractivity contribution in [1.29, 1.82) is 0 Å². The van der Waals surface area contributed by atoms with Crippen LogP contribution in [0.15, 0.2) is 71.6 Å². The fourth-order valence-corrected chi connectivity index (χ4v) is 6.28. The summed E-state index contributed by atoms with van der Waals surface area (Å²) in [5.41, 5.74) is 0.807. The van der Waals surface area contributed by atoms with Gasteiger partial charge in [-0.1, -0.05) is 42.5 Å². The predicted octanol–water partition coefficient (Wildman–Crippen LogP) is 6.19. The van der Waals surface area contributed by atoms with Gasteiger partial charge in [0.25, 0.3) is 0 Å². The van der Waals surface area contributed by atoms with E-state index in [1.165, 1.54) is 0 Å². The van der Waals surface area contributed by atoms with E-state index < -0.39 is 10.0 Å². The third-order valence-corrected chi connectivity index (χ3v) is 8.63. The van der Waals surface area contributed by atoms with Crippen molar-refractivity contribution in [3.8, 4) is 0 Å². The Hall–Kier alpha value is -3.23. The quantitative estimate of drug-likeness (QED) is 0.251. The molecule has 0 spiro atoms. The van der Waals surface area contributed by atoms with Crippen LogP contribution < -0.4 is 15.4 Å². The molecule has 8 heteroatoms. The zero-order valence-electron chi connectivity index (χ0n) is 22.4. The number of anilines is 2. The molecule has 0 aliphatic heterocycles. The van der Waals surface area contributed by atoms with E-state index in [1.807, 2.05) is 54.6 Å². The van der Waals surface area contributed by atoms with Gasteiger partial charge >= 0.3 is 0 Å². The Morgan fingerprint density at radius 2 is 1.47 bits per heavy atom. The number of rotatable bonds is 8. The molecule has 0 unspecified atom stereocenters. The van der Waals surface area contributed by atoms with Gasteiger partial charge in [0.1, 0.15) is 5.82 Å². The Morgan fingerprint density at radius 1 is 0.816 bits per heavy atom. The highest BCUT2D eigenvalue weighted by atomic mass is 32.2. The van der Waals surface area contributed by atoms with E-state index in [0.29, 0.717) is 29.2 Å². The molecule has 3 N–H and O–H groups in total. The lowest BCUT2D eigenvalue weighted by Crippen LogP contribution is -2.32. The number of para-hydroxylation sites is 1. The van der Waals surface area contributed by atoms with E-state index in [2.05, 4.69) is 36.1 Å². The van der Waals surface area contributed by atoms with Crippen molar-refractivity contribution in [3.63, 3.8) is 0 Å². The molecule has 1 heterocycles. The summed E-state index contributed by atoms with van der Waals surface area (Å²) < 4.78 is 28.7. The second kappa shape index (κ2) is 10.9. The topological polar surface area (TPSA) is 96.0 Å². The van der Waals surface area contributed by atoms with E-state index >= 15 is 0 Å². The van der Waals surface area contributed by atoms with Crippen molar-refractivity contribution in [2.24, 2.45) is 11.8 Å². The highest BCUT2D eigenvalue weighted by molar-refractivity contribution is 7.89. The van der Waals surface area contributed by atoms with Crippen LogP contribution in [0.2, 0.25) is 0 Å². The summed E-state index contributed by atoms with van der Waals surface area (Å²) in [7, 11) is -3.53. The van der Waals surface area contributed by atoms with E-state index in [9.17, 15) is 8.42 Å². The first kappa shape index (κ1) is 26.4. The van der Waals surface area contributed by atoms with Gasteiger partial charge in [-0.05, 0) is 93.3 Å². The second-order valence-electron chi connectivity index (χ2n) is 11.4. The number of nitrogens with one attached hydrogen (secondary N) is 3. The molecule has 1 aliphatic carbocycles. The number of aromatic nitrogens is 2. The van der Waals surface area contributed by atoms with E-state index in [-0.39, 0.29) is 5.54 Å². The average Bonchev–Trinajstić information content (AvgIpc) is 2.90. The smallest absolute Gasteiger partial charge is 0.240 e. The van der Waals surface area contributed by atoms with E-state index in [4.69, 9.17) is 9.97 Å². The van der Waals surface area contributed by atoms with Crippen LogP contribution in [-0.2, 0) is 10.0 Å². The standard InChI is InChI=1S/C30H37N5O2S/c1-30(2,3)35-28-26-10-6-7-11-27(26)33-29(34-28)31-19-21-12-14-22(15-13-21)20-32-38(36,37)25-17-16-23-8-4-5-9-24(23)18-25/h4-11,16-18,21-22,32H,12-15,19-20H2,1-3H3,(H2,31,33,34,35)/t21-,22-. The summed E-state index contributed by atoms with van der Waals surface area (Å²) in [6, 6.07) is 21.2. The van der Waals surface area contributed by atoms with Gasteiger partial charge in [0.05, 0.1) is 10.4 Å². The second-order valence-corrected chi connectivity index (χ2v) is 13.2. The normalized spacial score (nSPS) is 18.5. The highest BCUT2D eigenvalue weighted by Gasteiger charge is 2.24. The Bertz CT molecular complexity index is 1520. The van der Waals surface area contributed by atoms with E-state index in [0.717, 1.165) is 59.7 Å². The summed E-state index contributed by atoms with van der Waals surface area (Å²) >= 11 is 0. The van der Waals surface area contributed by atoms with E-state index in [1.54, 1.807) is 12.1 Å². The van der Waals surface area contributed by atoms with Crippen molar-refractivity contribution in [3.05, 3.63) is 66.7 Å². The van der Waals surface area contributed by atoms with Gasteiger partial charge in [-0.15, -0.1) is 0 Å². The molecule has 0 saturated heterocycles. The number of sulfonamides is 1. The SMILES string of the molecule is CC(C)(C)Nc1nc(NC[C@H]2CC[C@H](CNS(=O)(=O)c3ccc4ccccc4c3)CC2)nc2ccccc12. The predicted molar refractivity (Wildman–Crippen MR) is 156 cm³/mol. The van der Waals surface area contributed by atoms with Crippen LogP contribution in [-0.4, -0.2) is 37.0 Å². The monoisotopic (exact) mass is 531 g/mol. The van der Waals surface area contributed by atoms with Gasteiger partial charge in [-0.3, -0.25) is 0 Å². The molecule has 38 heavy (non-hydrogen) atoms. The van der Waals surface area contributed by atoms with Gasteiger partial charge in [-0.2, -0.15) is 4.98 Å². The minimum atomic E-state index is -3.53. The molecule has 1 fully saturated rings. The molecular weight excluding hydrogens is 494 g/mol. The highest BCUT2D eigenvalue weighted by Crippen LogP contribution is 2.30. The number of hydrogen-bond donors (Lipinski definition) is 3. The molecule has 1 saturated carbocycles. The zero-order valence-corrected chi connectivity index (χ0v) is 23.2. The van der Waals surface area contributed by atoms with Crippen LogP contribution in [0.1, 0.15) is 46.5 Å². The lowest BCUT2D eigenvalue weighted by atomic mass is 9.82. The summed E-state index contributed by atoms with van der Waals surface area (Å²) in [6.45, 7) is 7.65. The summed E-state index contributed by atoms with van der Waals surface area (Å²) in [4.78, 5) is 9.83. The molecule has 0 amide bonds. The maximum atomic E-state index is 12.9. The fourth-order valence-electron chi connectivity index (χ4n) is 5.13. The Labute approximate surface area is 225 Å². The number of hydrogen-bond acceptors (Lipinski definition) is 6. The third-order valence-electron chi connectivity index (χ3n) is 7.21. The molecule has 7 nitrogen and oxygen atoms in total. The maximum absolute atomic E-state index is 12.9. The summed E-state index contributed by atoms with van der Waals surface area (Å²) in [6.07, 6.45) is 4.11. The molecule has 0 atom stereocenters. The molecule has 1 aliphatic rings. The number of nitrogens with zero attached hydrogens (tertiary/aromatic N) is 2. The zero-order chi connectivity index (χ0) is 26.8. The maximum Gasteiger partial charge on any atom is 0.240 e. The molecule has 0 bridgehead atoms. The van der Waals surface area contributed by atoms with Gasteiger partial charge < -0.3 is 10.6 Å². The Morgan fingerprint density at radius 3 is 2.21 bits per heavy atom. The molecule has 4 aromatic rings. The summed E-state index contributed by atoms with van der Waals surface area (Å²) in [5.74, 6) is 2.34. The molecule has 5 rings (SSSR count).